The summed E-state index contributed by atoms with van der Waals surface area (Å²) in [5, 5.41) is 0. The van der Waals surface area contributed by atoms with Crippen molar-refractivity contribution in [1.29, 1.82) is 0 Å². The molecule has 1 aromatic carbocycles. The van der Waals surface area contributed by atoms with Gasteiger partial charge in [-0.3, -0.25) is 9.59 Å². The van der Waals surface area contributed by atoms with Crippen LogP contribution in [0, 0.1) is 0 Å². The Balaban J connectivity index is 1.61. The Morgan fingerprint density at radius 1 is 1.11 bits per heavy atom. The van der Waals surface area contributed by atoms with Gasteiger partial charge in [-0.15, -0.1) is 0 Å². The van der Waals surface area contributed by atoms with Gasteiger partial charge in [0.2, 0.25) is 5.91 Å². The first-order valence-corrected chi connectivity index (χ1v) is 9.37. The zero-order valence-corrected chi connectivity index (χ0v) is 16.2. The van der Waals surface area contributed by atoms with Gasteiger partial charge < -0.3 is 19.5 Å². The number of aromatic nitrogens is 1. The number of amides is 2. The predicted molar refractivity (Wildman–Crippen MR) is 104 cm³/mol. The minimum atomic E-state index is 0.0102. The van der Waals surface area contributed by atoms with Crippen molar-refractivity contribution in [2.24, 2.45) is 0 Å². The van der Waals surface area contributed by atoms with E-state index < -0.39 is 0 Å². The summed E-state index contributed by atoms with van der Waals surface area (Å²) in [6.07, 6.45) is 2.19. The van der Waals surface area contributed by atoms with E-state index in [2.05, 4.69) is 18.8 Å². The maximum absolute atomic E-state index is 12.9. The number of aromatic amines is 1. The van der Waals surface area contributed by atoms with Gasteiger partial charge in [-0.1, -0.05) is 13.8 Å². The molecule has 1 N–H and O–H groups in total. The van der Waals surface area contributed by atoms with Gasteiger partial charge in [-0.25, -0.2) is 0 Å². The lowest BCUT2D eigenvalue weighted by atomic mass is 9.99. The van der Waals surface area contributed by atoms with Gasteiger partial charge in [0.25, 0.3) is 5.91 Å². The van der Waals surface area contributed by atoms with Gasteiger partial charge in [0, 0.05) is 43.6 Å². The van der Waals surface area contributed by atoms with Gasteiger partial charge in [0.1, 0.15) is 5.75 Å². The van der Waals surface area contributed by atoms with Crippen LogP contribution in [-0.4, -0.2) is 59.9 Å². The number of piperazine rings is 1. The van der Waals surface area contributed by atoms with Crippen molar-refractivity contribution in [3.63, 3.8) is 0 Å². The van der Waals surface area contributed by atoms with E-state index in [4.69, 9.17) is 4.74 Å². The minimum absolute atomic E-state index is 0.0102. The molecule has 6 heteroatoms. The quantitative estimate of drug-likeness (QED) is 0.881. The Bertz CT molecular complexity index is 791. The molecule has 0 atom stereocenters. The number of nitrogens with zero attached hydrogens (tertiary/aromatic N) is 2. The number of hydrogen-bond donors (Lipinski definition) is 1. The molecule has 1 aromatic heterocycles. The monoisotopic (exact) mass is 369 g/mol. The molecule has 2 heterocycles. The Labute approximate surface area is 160 Å². The summed E-state index contributed by atoms with van der Waals surface area (Å²) in [7, 11) is 1.64. The standard InChI is InChI=1S/C21H27N3O3/c1-15(2)18-13-16(6-7-19(18)27-3)21(26)24-11-9-23(10-12-24)20(25)14-17-5-4-8-22-17/h4-8,13,15,22H,9-12,14H2,1-3H3. The number of ether oxygens (including phenoxy) is 1. The number of rotatable bonds is 5. The molecule has 0 saturated carbocycles. The minimum Gasteiger partial charge on any atom is -0.496 e. The highest BCUT2D eigenvalue weighted by molar-refractivity contribution is 5.95. The fourth-order valence-electron chi connectivity index (χ4n) is 3.41. The van der Waals surface area contributed by atoms with Crippen LogP contribution in [0.15, 0.2) is 36.5 Å². The summed E-state index contributed by atoms with van der Waals surface area (Å²) >= 11 is 0. The van der Waals surface area contributed by atoms with Gasteiger partial charge >= 0.3 is 0 Å². The lowest BCUT2D eigenvalue weighted by Crippen LogP contribution is -2.51. The molecule has 2 amide bonds. The number of nitrogens with one attached hydrogen (secondary N) is 1. The highest BCUT2D eigenvalue weighted by atomic mass is 16.5. The van der Waals surface area contributed by atoms with E-state index in [1.807, 2.05) is 46.3 Å². The first-order chi connectivity index (χ1) is 13.0. The summed E-state index contributed by atoms with van der Waals surface area (Å²) in [5.74, 6) is 1.18. The number of carbonyl (C=O) groups excluding carboxylic acids is 2. The summed E-state index contributed by atoms with van der Waals surface area (Å²) in [6.45, 7) is 6.41. The van der Waals surface area contributed by atoms with E-state index in [0.29, 0.717) is 38.2 Å². The van der Waals surface area contributed by atoms with Crippen LogP contribution in [0.4, 0.5) is 0 Å². The molecular formula is C21H27N3O3. The van der Waals surface area contributed by atoms with E-state index in [0.717, 1.165) is 17.0 Å². The third-order valence-corrected chi connectivity index (χ3v) is 5.02. The normalized spacial score (nSPS) is 14.5. The molecule has 0 spiro atoms. The second-order valence-corrected chi connectivity index (χ2v) is 7.16. The zero-order valence-electron chi connectivity index (χ0n) is 16.2. The summed E-state index contributed by atoms with van der Waals surface area (Å²) in [5.41, 5.74) is 2.62. The molecule has 6 nitrogen and oxygen atoms in total. The third-order valence-electron chi connectivity index (χ3n) is 5.02. The van der Waals surface area contributed by atoms with Crippen molar-refractivity contribution in [3.05, 3.63) is 53.3 Å². The van der Waals surface area contributed by atoms with Gasteiger partial charge in [0.05, 0.1) is 13.5 Å². The third kappa shape index (κ3) is 4.32. The fraction of sp³-hybridized carbons (Fsp3) is 0.429. The van der Waals surface area contributed by atoms with E-state index in [1.165, 1.54) is 0 Å². The van der Waals surface area contributed by atoms with Crippen LogP contribution in [0.3, 0.4) is 0 Å². The number of methoxy groups -OCH3 is 1. The van der Waals surface area contributed by atoms with Crippen molar-refractivity contribution in [3.8, 4) is 5.75 Å². The van der Waals surface area contributed by atoms with E-state index >= 15 is 0 Å². The van der Waals surface area contributed by atoms with Crippen molar-refractivity contribution >= 4 is 11.8 Å². The molecule has 0 aliphatic carbocycles. The second kappa shape index (κ2) is 8.29. The average molecular weight is 369 g/mol. The molecule has 3 rings (SSSR count). The number of hydrogen-bond acceptors (Lipinski definition) is 3. The fourth-order valence-corrected chi connectivity index (χ4v) is 3.41. The smallest absolute Gasteiger partial charge is 0.253 e. The largest absolute Gasteiger partial charge is 0.496 e. The first kappa shape index (κ1) is 19.0. The molecule has 0 unspecified atom stereocenters. The molecule has 1 aliphatic rings. The molecule has 1 aliphatic heterocycles. The lowest BCUT2D eigenvalue weighted by molar-refractivity contribution is -0.132. The summed E-state index contributed by atoms with van der Waals surface area (Å²) in [6, 6.07) is 9.40. The maximum atomic E-state index is 12.9. The van der Waals surface area contributed by atoms with Crippen molar-refractivity contribution in [2.75, 3.05) is 33.3 Å². The Hall–Kier alpha value is -2.76. The van der Waals surface area contributed by atoms with Crippen LogP contribution in [0.5, 0.6) is 5.75 Å². The topological polar surface area (TPSA) is 65.6 Å². The van der Waals surface area contributed by atoms with Gasteiger partial charge in [-0.2, -0.15) is 0 Å². The molecule has 1 fully saturated rings. The molecule has 0 radical (unpaired) electrons. The molecule has 144 valence electrons. The molecular weight excluding hydrogens is 342 g/mol. The highest BCUT2D eigenvalue weighted by Crippen LogP contribution is 2.28. The van der Waals surface area contributed by atoms with Gasteiger partial charge in [-0.05, 0) is 41.8 Å². The number of H-pyrrole nitrogens is 1. The van der Waals surface area contributed by atoms with Crippen LogP contribution >= 0.6 is 0 Å². The Morgan fingerprint density at radius 3 is 2.41 bits per heavy atom. The van der Waals surface area contributed by atoms with E-state index in [1.54, 1.807) is 7.11 Å². The summed E-state index contributed by atoms with van der Waals surface area (Å²) < 4.78 is 5.40. The molecule has 27 heavy (non-hydrogen) atoms. The number of carbonyl (C=O) groups is 2. The molecule has 2 aromatic rings. The number of benzene rings is 1. The lowest BCUT2D eigenvalue weighted by Gasteiger charge is -2.35. The first-order valence-electron chi connectivity index (χ1n) is 9.37. The van der Waals surface area contributed by atoms with Crippen LogP contribution in [-0.2, 0) is 11.2 Å². The average Bonchev–Trinajstić information content (AvgIpc) is 3.20. The van der Waals surface area contributed by atoms with Crippen molar-refractivity contribution in [1.82, 2.24) is 14.8 Å². The highest BCUT2D eigenvalue weighted by Gasteiger charge is 2.25. The SMILES string of the molecule is COc1ccc(C(=O)N2CCN(C(=O)Cc3ccc[nH]3)CC2)cc1C(C)C. The van der Waals surface area contributed by atoms with Crippen LogP contribution in [0.25, 0.3) is 0 Å². The van der Waals surface area contributed by atoms with Crippen LogP contribution in [0.2, 0.25) is 0 Å². The Morgan fingerprint density at radius 2 is 1.81 bits per heavy atom. The maximum Gasteiger partial charge on any atom is 0.253 e. The molecule has 0 bridgehead atoms. The van der Waals surface area contributed by atoms with Gasteiger partial charge in [0.15, 0.2) is 0 Å². The van der Waals surface area contributed by atoms with Crippen LogP contribution in [0.1, 0.15) is 41.4 Å². The zero-order chi connectivity index (χ0) is 19.4. The predicted octanol–water partition coefficient (Wildman–Crippen LogP) is 2.67. The van der Waals surface area contributed by atoms with Crippen LogP contribution < -0.4 is 4.74 Å². The Kier molecular flexibility index (Phi) is 5.84. The molecule has 1 saturated heterocycles. The van der Waals surface area contributed by atoms with Crippen molar-refractivity contribution in [2.45, 2.75) is 26.2 Å². The van der Waals surface area contributed by atoms with E-state index in [9.17, 15) is 9.59 Å². The second-order valence-electron chi connectivity index (χ2n) is 7.16. The van der Waals surface area contributed by atoms with Crippen molar-refractivity contribution < 1.29 is 14.3 Å². The van der Waals surface area contributed by atoms with E-state index in [-0.39, 0.29) is 17.7 Å². The summed E-state index contributed by atoms with van der Waals surface area (Å²) in [4.78, 5) is 32.0.